The van der Waals surface area contributed by atoms with E-state index in [1.807, 2.05) is 38.1 Å². The van der Waals surface area contributed by atoms with Gasteiger partial charge in [0.15, 0.2) is 16.3 Å². The van der Waals surface area contributed by atoms with E-state index in [4.69, 9.17) is 42.1 Å². The number of benzene rings is 3. The van der Waals surface area contributed by atoms with Gasteiger partial charge in [0.1, 0.15) is 12.4 Å². The molecule has 2 heterocycles. The van der Waals surface area contributed by atoms with Gasteiger partial charge in [-0.2, -0.15) is 0 Å². The van der Waals surface area contributed by atoms with Crippen LogP contribution in [0.2, 0.25) is 10.0 Å². The van der Waals surface area contributed by atoms with Crippen LogP contribution in [0.25, 0.3) is 6.08 Å². The van der Waals surface area contributed by atoms with E-state index in [1.54, 1.807) is 30.3 Å². The molecule has 0 spiro atoms. The molecule has 0 unspecified atom stereocenters. The number of hydrogen-bond acceptors (Lipinski definition) is 8. The Morgan fingerprint density at radius 2 is 1.76 bits per heavy atom. The molecule has 234 valence electrons. The maximum absolute atomic E-state index is 14.1. The fourth-order valence-electron chi connectivity index (χ4n) is 4.75. The minimum Gasteiger partial charge on any atom is -0.490 e. The zero-order chi connectivity index (χ0) is 32.2. The second-order valence-electron chi connectivity index (χ2n) is 9.59. The first-order chi connectivity index (χ1) is 21.6. The van der Waals surface area contributed by atoms with E-state index in [1.165, 1.54) is 29.2 Å². The molecule has 4 aromatic rings. The summed E-state index contributed by atoms with van der Waals surface area (Å²) in [6, 6.07) is 13.9. The lowest BCUT2D eigenvalue weighted by molar-refractivity contribution is -0.136. The van der Waals surface area contributed by atoms with Crippen molar-refractivity contribution in [2.45, 2.75) is 26.5 Å². The van der Waals surface area contributed by atoms with Gasteiger partial charge in [0.2, 0.25) is 0 Å². The minimum atomic E-state index is -0.799. The lowest BCUT2D eigenvalue weighted by Crippen LogP contribution is -2.39. The first-order valence-corrected chi connectivity index (χ1v) is 17.4. The topological polar surface area (TPSA) is 88.4 Å². The van der Waals surface area contributed by atoms with Crippen molar-refractivity contribution in [2.24, 2.45) is 4.99 Å². The Morgan fingerprint density at radius 3 is 2.47 bits per heavy atom. The standard InChI is InChI=1S/C32H26Cl2I2N2O6S/c1-4-42-25-9-7-18(12-26(25)43-5-2)28-21(31(40)41-3)15-37-32-38(28)30(39)27(45-32)13-19-11-20(35)14-24(36)29(19)44-16-17-6-8-22(33)23(34)10-17/h6-15,28H,4-5,16H2,1-3H3/b27-13+/t28-/m1/s1. The second-order valence-corrected chi connectivity index (χ2v) is 13.8. The van der Waals surface area contributed by atoms with Crippen LogP contribution in [0.3, 0.4) is 0 Å². The first kappa shape index (κ1) is 33.8. The molecule has 45 heavy (non-hydrogen) atoms. The maximum Gasteiger partial charge on any atom is 0.337 e. The number of methoxy groups -OCH3 is 1. The third-order valence-electron chi connectivity index (χ3n) is 6.70. The zero-order valence-corrected chi connectivity index (χ0v) is 30.9. The number of thiazole rings is 1. The molecule has 0 aliphatic carbocycles. The lowest BCUT2D eigenvalue weighted by Gasteiger charge is -2.23. The summed E-state index contributed by atoms with van der Waals surface area (Å²) < 4.78 is 26.7. The van der Waals surface area contributed by atoms with E-state index < -0.39 is 12.0 Å². The van der Waals surface area contributed by atoms with Crippen molar-refractivity contribution >= 4 is 91.8 Å². The molecule has 0 amide bonds. The molecule has 3 aromatic carbocycles. The number of nitrogens with zero attached hydrogens (tertiary/aromatic N) is 2. The zero-order valence-electron chi connectivity index (χ0n) is 24.2. The van der Waals surface area contributed by atoms with Crippen LogP contribution in [0.15, 0.2) is 70.1 Å². The summed E-state index contributed by atoms with van der Waals surface area (Å²) in [5.74, 6) is 1.11. The molecular weight excluding hydrogens is 865 g/mol. The van der Waals surface area contributed by atoms with Crippen LogP contribution in [-0.4, -0.2) is 30.9 Å². The molecule has 1 aromatic heterocycles. The summed E-state index contributed by atoms with van der Waals surface area (Å²) in [6.07, 6.45) is 3.25. The van der Waals surface area contributed by atoms with Gasteiger partial charge in [-0.25, -0.2) is 9.79 Å². The Kier molecular flexibility index (Phi) is 11.2. The number of carbonyl (C=O) groups excluding carboxylic acids is 1. The average molecular weight is 891 g/mol. The van der Waals surface area contributed by atoms with Crippen LogP contribution in [0, 0.1) is 7.14 Å². The molecular formula is C32H26Cl2I2N2O6S. The molecule has 8 nitrogen and oxygen atoms in total. The highest BCUT2D eigenvalue weighted by Gasteiger charge is 2.31. The summed E-state index contributed by atoms with van der Waals surface area (Å²) in [4.78, 5) is 32.0. The molecule has 5 rings (SSSR count). The number of esters is 1. The number of halogens is 4. The highest BCUT2D eigenvalue weighted by molar-refractivity contribution is 14.1. The Labute approximate surface area is 300 Å². The molecule has 0 bridgehead atoms. The van der Waals surface area contributed by atoms with Gasteiger partial charge in [0, 0.05) is 15.3 Å². The lowest BCUT2D eigenvalue weighted by atomic mass is 9.97. The predicted octanol–water partition coefficient (Wildman–Crippen LogP) is 6.91. The molecule has 1 aliphatic rings. The fourth-order valence-corrected chi connectivity index (χ4v) is 8.08. The molecule has 0 radical (unpaired) electrons. The van der Waals surface area contributed by atoms with Gasteiger partial charge in [-0.1, -0.05) is 46.7 Å². The molecule has 13 heteroatoms. The van der Waals surface area contributed by atoms with Crippen molar-refractivity contribution in [1.82, 2.24) is 4.57 Å². The first-order valence-electron chi connectivity index (χ1n) is 13.7. The van der Waals surface area contributed by atoms with E-state index in [0.29, 0.717) is 55.4 Å². The van der Waals surface area contributed by atoms with Crippen LogP contribution in [-0.2, 0) is 16.1 Å². The van der Waals surface area contributed by atoms with Crippen LogP contribution < -0.4 is 29.1 Å². The largest absolute Gasteiger partial charge is 0.490 e. The number of fused-ring (bicyclic) bond motifs is 1. The van der Waals surface area contributed by atoms with E-state index in [2.05, 4.69) is 50.2 Å². The monoisotopic (exact) mass is 890 g/mol. The number of rotatable bonds is 10. The summed E-state index contributed by atoms with van der Waals surface area (Å²) in [7, 11) is 1.30. The molecule has 0 saturated carbocycles. The highest BCUT2D eigenvalue weighted by Crippen LogP contribution is 2.35. The molecule has 1 aliphatic heterocycles. The molecule has 0 N–H and O–H groups in total. The van der Waals surface area contributed by atoms with Crippen molar-refractivity contribution in [3.63, 3.8) is 0 Å². The Balaban J connectivity index is 1.62. The van der Waals surface area contributed by atoms with Crippen LogP contribution in [0.4, 0.5) is 0 Å². The van der Waals surface area contributed by atoms with E-state index in [9.17, 15) is 9.59 Å². The third kappa shape index (κ3) is 7.37. The summed E-state index contributed by atoms with van der Waals surface area (Å²) in [5.41, 5.74) is 2.13. The summed E-state index contributed by atoms with van der Waals surface area (Å²) in [5, 5.41) is 0.909. The van der Waals surface area contributed by atoms with Gasteiger partial charge in [-0.3, -0.25) is 9.36 Å². The van der Waals surface area contributed by atoms with Crippen LogP contribution >= 0.6 is 79.7 Å². The molecule has 0 saturated heterocycles. The smallest absolute Gasteiger partial charge is 0.337 e. The predicted molar refractivity (Wildman–Crippen MR) is 193 cm³/mol. The van der Waals surface area contributed by atoms with Gasteiger partial charge in [-0.15, -0.1) is 0 Å². The summed E-state index contributed by atoms with van der Waals surface area (Å²) in [6.45, 7) is 4.88. The fraction of sp³-hybridized carbons (Fsp3) is 0.219. The summed E-state index contributed by atoms with van der Waals surface area (Å²) >= 11 is 18.0. The van der Waals surface area contributed by atoms with Crippen molar-refractivity contribution in [3.8, 4) is 17.2 Å². The van der Waals surface area contributed by atoms with Crippen molar-refractivity contribution in [2.75, 3.05) is 20.3 Å². The van der Waals surface area contributed by atoms with Crippen LogP contribution in [0.5, 0.6) is 17.2 Å². The third-order valence-corrected chi connectivity index (χ3v) is 9.86. The van der Waals surface area contributed by atoms with Gasteiger partial charge in [0.05, 0.1) is 50.1 Å². The van der Waals surface area contributed by atoms with E-state index >= 15 is 0 Å². The molecule has 1 atom stereocenters. The SMILES string of the molecule is CCOc1ccc([C@@H]2C(C(=O)OC)=CN=c3s/c(=C/c4cc(I)cc(I)c4OCc4ccc(Cl)c(Cl)c4)c(=O)n32)cc1OCC. The van der Waals surface area contributed by atoms with Crippen molar-refractivity contribution < 1.29 is 23.7 Å². The number of carbonyl (C=O) groups is 1. The second kappa shape index (κ2) is 14.9. The quantitative estimate of drug-likeness (QED) is 0.127. The van der Waals surface area contributed by atoms with Gasteiger partial charge in [0.25, 0.3) is 5.56 Å². The highest BCUT2D eigenvalue weighted by atomic mass is 127. The Hall–Kier alpha value is -2.59. The maximum atomic E-state index is 14.1. The van der Waals surface area contributed by atoms with E-state index in [-0.39, 0.29) is 17.7 Å². The molecule has 0 fully saturated rings. The Bertz CT molecular complexity index is 1990. The van der Waals surface area contributed by atoms with Crippen molar-refractivity contribution in [3.05, 3.63) is 114 Å². The Morgan fingerprint density at radius 1 is 1.00 bits per heavy atom. The minimum absolute atomic E-state index is 0.220. The van der Waals surface area contributed by atoms with Crippen molar-refractivity contribution in [1.29, 1.82) is 0 Å². The number of ether oxygens (including phenoxy) is 4. The number of hydrogen-bond donors (Lipinski definition) is 0. The normalized spacial score (nSPS) is 14.3. The van der Waals surface area contributed by atoms with Gasteiger partial charge in [-0.05, 0) is 113 Å². The van der Waals surface area contributed by atoms with Crippen LogP contribution in [0.1, 0.15) is 36.6 Å². The van der Waals surface area contributed by atoms with Gasteiger partial charge >= 0.3 is 5.97 Å². The van der Waals surface area contributed by atoms with E-state index in [0.717, 1.165) is 18.3 Å². The average Bonchev–Trinajstić information content (AvgIpc) is 3.33. The van der Waals surface area contributed by atoms with Gasteiger partial charge < -0.3 is 18.9 Å². The number of aromatic nitrogens is 1.